The molecule has 2 heterocycles. The molecule has 160 valence electrons. The van der Waals surface area contributed by atoms with Crippen LogP contribution in [0.15, 0.2) is 91.0 Å². The molecule has 0 saturated carbocycles. The minimum absolute atomic E-state index is 0.709. The van der Waals surface area contributed by atoms with E-state index in [-0.39, 0.29) is 0 Å². The molecular formula is C31H20N2S. The van der Waals surface area contributed by atoms with Gasteiger partial charge in [0.15, 0.2) is 0 Å². The van der Waals surface area contributed by atoms with Crippen LogP contribution in [-0.4, -0.2) is 4.57 Å². The molecule has 0 radical (unpaired) electrons. The minimum Gasteiger partial charge on any atom is -0.312 e. The van der Waals surface area contributed by atoms with Gasteiger partial charge in [-0.05, 0) is 37.1 Å². The Labute approximate surface area is 201 Å². The Hall–Kier alpha value is -4.13. The van der Waals surface area contributed by atoms with Gasteiger partial charge in [-0.3, -0.25) is 0 Å². The number of hydrogen-bond acceptors (Lipinski definition) is 2. The summed E-state index contributed by atoms with van der Waals surface area (Å²) in [6.45, 7) is 0. The van der Waals surface area contributed by atoms with Gasteiger partial charge in [0.2, 0.25) is 0 Å². The maximum Gasteiger partial charge on any atom is 0.0998 e. The van der Waals surface area contributed by atoms with Crippen molar-refractivity contribution >= 4 is 48.5 Å². The molecule has 3 heteroatoms. The lowest BCUT2D eigenvalue weighted by molar-refractivity contribution is 0.889. The van der Waals surface area contributed by atoms with Crippen LogP contribution in [0.4, 0.5) is 0 Å². The first-order valence-electron chi connectivity index (χ1n) is 11.6. The van der Waals surface area contributed by atoms with Crippen molar-refractivity contribution in [3.8, 4) is 22.9 Å². The summed E-state index contributed by atoms with van der Waals surface area (Å²) in [6.07, 6.45) is 6.55. The van der Waals surface area contributed by atoms with Gasteiger partial charge in [0, 0.05) is 47.9 Å². The number of fused-ring (bicyclic) bond motifs is 6. The second-order valence-corrected chi connectivity index (χ2v) is 9.80. The van der Waals surface area contributed by atoms with Gasteiger partial charge >= 0.3 is 0 Å². The number of hydrogen-bond donors (Lipinski definition) is 0. The fraction of sp³-hybridized carbons (Fsp3) is 0.0645. The molecule has 0 unspecified atom stereocenters. The van der Waals surface area contributed by atoms with Crippen LogP contribution in [0.25, 0.3) is 54.0 Å². The number of benzene rings is 4. The molecule has 0 N–H and O–H groups in total. The van der Waals surface area contributed by atoms with Crippen molar-refractivity contribution < 1.29 is 0 Å². The number of rotatable bonds is 2. The topological polar surface area (TPSA) is 28.7 Å². The van der Waals surface area contributed by atoms with E-state index in [1.807, 2.05) is 23.5 Å². The fourth-order valence-corrected chi connectivity index (χ4v) is 6.72. The molecule has 2 aromatic heterocycles. The van der Waals surface area contributed by atoms with Crippen LogP contribution in [-0.2, 0) is 6.42 Å². The van der Waals surface area contributed by atoms with Gasteiger partial charge < -0.3 is 4.57 Å². The van der Waals surface area contributed by atoms with Gasteiger partial charge in [-0.2, -0.15) is 5.26 Å². The van der Waals surface area contributed by atoms with E-state index in [9.17, 15) is 5.26 Å². The second kappa shape index (κ2) is 7.45. The van der Waals surface area contributed by atoms with Crippen molar-refractivity contribution in [2.24, 2.45) is 0 Å². The average molecular weight is 453 g/mol. The third-order valence-electron chi connectivity index (χ3n) is 6.93. The molecule has 0 bridgehead atoms. The third-order valence-corrected chi connectivity index (χ3v) is 8.15. The largest absolute Gasteiger partial charge is 0.312 e. The van der Waals surface area contributed by atoms with E-state index < -0.39 is 0 Å². The molecule has 1 aliphatic rings. The summed E-state index contributed by atoms with van der Waals surface area (Å²) in [5.74, 6) is 0. The summed E-state index contributed by atoms with van der Waals surface area (Å²) in [5.41, 5.74) is 7.75. The van der Waals surface area contributed by atoms with Crippen LogP contribution >= 0.6 is 11.3 Å². The summed E-state index contributed by atoms with van der Waals surface area (Å²) in [5, 5.41) is 14.0. The van der Waals surface area contributed by atoms with Gasteiger partial charge in [-0.25, -0.2) is 0 Å². The fourth-order valence-electron chi connectivity index (χ4n) is 5.49. The summed E-state index contributed by atoms with van der Waals surface area (Å²) in [6, 6.07) is 32.3. The lowest BCUT2D eigenvalue weighted by atomic mass is 9.96. The standard InChI is InChI=1S/C31H20N2S/c32-19-20-9-7-17-28(33-26-15-4-1-10-21(26)22-11-2-5-16-27(22)33)30(20)25-14-8-13-24-23-12-3-6-18-29(23)34-31(24)25/h1-4,6-15,17-18H,5,16H2. The number of aromatic nitrogens is 1. The summed E-state index contributed by atoms with van der Waals surface area (Å²) in [7, 11) is 0. The highest BCUT2D eigenvalue weighted by Gasteiger charge is 2.23. The van der Waals surface area contributed by atoms with Gasteiger partial charge in [0.1, 0.15) is 0 Å². The van der Waals surface area contributed by atoms with E-state index in [0.29, 0.717) is 5.56 Å². The summed E-state index contributed by atoms with van der Waals surface area (Å²) in [4.78, 5) is 0. The third kappa shape index (κ3) is 2.67. The lowest BCUT2D eigenvalue weighted by Gasteiger charge is -2.18. The molecule has 0 fully saturated rings. The van der Waals surface area contributed by atoms with E-state index in [1.165, 1.54) is 42.3 Å². The first kappa shape index (κ1) is 19.3. The Morgan fingerprint density at radius 3 is 2.50 bits per heavy atom. The Kier molecular flexibility index (Phi) is 4.24. The minimum atomic E-state index is 0.709. The zero-order chi connectivity index (χ0) is 22.6. The molecule has 4 aromatic carbocycles. The number of nitriles is 1. The van der Waals surface area contributed by atoms with Crippen molar-refractivity contribution in [3.05, 3.63) is 108 Å². The van der Waals surface area contributed by atoms with Crippen LogP contribution in [0.1, 0.15) is 23.2 Å². The average Bonchev–Trinajstić information content (AvgIpc) is 3.44. The highest BCUT2D eigenvalue weighted by Crippen LogP contribution is 2.44. The van der Waals surface area contributed by atoms with Crippen molar-refractivity contribution in [2.75, 3.05) is 0 Å². The zero-order valence-electron chi connectivity index (χ0n) is 18.5. The molecule has 6 aromatic rings. The molecule has 34 heavy (non-hydrogen) atoms. The van der Waals surface area contributed by atoms with Gasteiger partial charge in [0.25, 0.3) is 0 Å². The Bertz CT molecular complexity index is 1820. The Morgan fingerprint density at radius 1 is 0.794 bits per heavy atom. The van der Waals surface area contributed by atoms with E-state index >= 15 is 0 Å². The van der Waals surface area contributed by atoms with Crippen LogP contribution in [0, 0.1) is 11.3 Å². The molecule has 0 spiro atoms. The van der Waals surface area contributed by atoms with Crippen LogP contribution in [0.3, 0.4) is 0 Å². The monoisotopic (exact) mass is 452 g/mol. The predicted molar refractivity (Wildman–Crippen MR) is 144 cm³/mol. The van der Waals surface area contributed by atoms with Gasteiger partial charge in [-0.15, -0.1) is 11.3 Å². The normalized spacial score (nSPS) is 12.9. The highest BCUT2D eigenvalue weighted by molar-refractivity contribution is 7.26. The number of para-hydroxylation sites is 1. The molecule has 0 aliphatic heterocycles. The highest BCUT2D eigenvalue weighted by atomic mass is 32.1. The smallest absolute Gasteiger partial charge is 0.0998 e. The zero-order valence-corrected chi connectivity index (χ0v) is 19.3. The van der Waals surface area contributed by atoms with Crippen molar-refractivity contribution in [3.63, 3.8) is 0 Å². The summed E-state index contributed by atoms with van der Waals surface area (Å²) >= 11 is 1.81. The Balaban J connectivity index is 1.62. The molecule has 0 saturated heterocycles. The van der Waals surface area contributed by atoms with Crippen molar-refractivity contribution in [2.45, 2.75) is 12.8 Å². The Morgan fingerprint density at radius 2 is 1.59 bits per heavy atom. The van der Waals surface area contributed by atoms with E-state index in [2.05, 4.69) is 95.6 Å². The molecule has 0 amide bonds. The second-order valence-electron chi connectivity index (χ2n) is 8.75. The van der Waals surface area contributed by atoms with Crippen LogP contribution < -0.4 is 0 Å². The van der Waals surface area contributed by atoms with Gasteiger partial charge in [0.05, 0.1) is 22.8 Å². The number of thiophene rings is 1. The van der Waals surface area contributed by atoms with E-state index in [0.717, 1.165) is 29.7 Å². The van der Waals surface area contributed by atoms with Crippen LogP contribution in [0.5, 0.6) is 0 Å². The molecule has 1 aliphatic carbocycles. The maximum absolute atomic E-state index is 10.2. The van der Waals surface area contributed by atoms with Crippen LogP contribution in [0.2, 0.25) is 0 Å². The number of nitrogens with zero attached hydrogens (tertiary/aromatic N) is 2. The lowest BCUT2D eigenvalue weighted by Crippen LogP contribution is -2.05. The molecular weight excluding hydrogens is 432 g/mol. The van der Waals surface area contributed by atoms with Crippen molar-refractivity contribution in [1.82, 2.24) is 4.57 Å². The first-order valence-corrected chi connectivity index (χ1v) is 12.4. The molecule has 2 nitrogen and oxygen atoms in total. The molecule has 0 atom stereocenters. The number of allylic oxidation sites excluding steroid dienone is 1. The predicted octanol–water partition coefficient (Wildman–Crippen LogP) is 8.50. The quantitative estimate of drug-likeness (QED) is 0.259. The van der Waals surface area contributed by atoms with E-state index in [4.69, 9.17) is 0 Å². The maximum atomic E-state index is 10.2. The SMILES string of the molecule is N#Cc1cccc(-n2c3c(c4ccccc42)C=CCC3)c1-c1cccc2c1sc1ccccc12. The van der Waals surface area contributed by atoms with E-state index in [1.54, 1.807) is 0 Å². The van der Waals surface area contributed by atoms with Gasteiger partial charge in [-0.1, -0.05) is 72.8 Å². The summed E-state index contributed by atoms with van der Waals surface area (Å²) < 4.78 is 4.91. The molecule has 7 rings (SSSR count). The first-order chi connectivity index (χ1) is 16.8. The van der Waals surface area contributed by atoms with Crippen molar-refractivity contribution in [1.29, 1.82) is 5.26 Å².